The molecule has 1 saturated heterocycles. The van der Waals surface area contributed by atoms with Crippen molar-refractivity contribution in [2.45, 2.75) is 20.3 Å². The van der Waals surface area contributed by atoms with Gasteiger partial charge < -0.3 is 10.2 Å². The van der Waals surface area contributed by atoms with E-state index in [1.54, 1.807) is 17.5 Å². The highest BCUT2D eigenvalue weighted by Crippen LogP contribution is 2.26. The van der Waals surface area contributed by atoms with Crippen molar-refractivity contribution >= 4 is 17.2 Å². The molecule has 0 saturated carbocycles. The molecule has 1 aliphatic rings. The van der Waals surface area contributed by atoms with Crippen molar-refractivity contribution in [3.63, 3.8) is 0 Å². The molecule has 1 fully saturated rings. The number of rotatable bonds is 2. The summed E-state index contributed by atoms with van der Waals surface area (Å²) in [5, 5.41) is 12.0. The standard InChI is InChI=1S/C13H16N4OS.C2H6/c18-13(17-4-1-2-14-3-5-17)10-6-12(19-9-10)11-7-15-16-8-11;1-2/h6-9,14H,1-5H2,(H,15,16);1-2H3. The maximum atomic E-state index is 12.4. The van der Waals surface area contributed by atoms with Gasteiger partial charge in [0.1, 0.15) is 0 Å². The van der Waals surface area contributed by atoms with E-state index in [2.05, 4.69) is 15.5 Å². The van der Waals surface area contributed by atoms with Crippen LogP contribution in [0.1, 0.15) is 30.6 Å². The van der Waals surface area contributed by atoms with Crippen LogP contribution in [0.25, 0.3) is 10.4 Å². The van der Waals surface area contributed by atoms with Crippen molar-refractivity contribution in [2.75, 3.05) is 26.2 Å². The van der Waals surface area contributed by atoms with Crippen LogP contribution in [0.3, 0.4) is 0 Å². The molecule has 21 heavy (non-hydrogen) atoms. The van der Waals surface area contributed by atoms with Crippen molar-refractivity contribution in [3.8, 4) is 10.4 Å². The quantitative estimate of drug-likeness (QED) is 0.896. The smallest absolute Gasteiger partial charge is 0.254 e. The second-order valence-corrected chi connectivity index (χ2v) is 5.49. The second-order valence-electron chi connectivity index (χ2n) is 4.58. The van der Waals surface area contributed by atoms with E-state index in [4.69, 9.17) is 0 Å². The average Bonchev–Trinajstić information content (AvgIpc) is 3.15. The minimum atomic E-state index is 0.134. The molecule has 6 heteroatoms. The first-order chi connectivity index (χ1) is 10.3. The van der Waals surface area contributed by atoms with Crippen LogP contribution in [0.5, 0.6) is 0 Å². The molecule has 114 valence electrons. The van der Waals surface area contributed by atoms with Gasteiger partial charge >= 0.3 is 0 Å². The number of aromatic nitrogens is 2. The van der Waals surface area contributed by atoms with Crippen molar-refractivity contribution in [1.29, 1.82) is 0 Å². The first kappa shape index (κ1) is 15.7. The Kier molecular flexibility index (Phi) is 5.95. The molecule has 1 amide bonds. The van der Waals surface area contributed by atoms with Crippen LogP contribution in [0.15, 0.2) is 23.8 Å². The second kappa shape index (κ2) is 7.95. The molecule has 0 spiro atoms. The van der Waals surface area contributed by atoms with Gasteiger partial charge in [0.2, 0.25) is 0 Å². The number of amides is 1. The van der Waals surface area contributed by atoms with E-state index in [1.165, 1.54) is 0 Å². The summed E-state index contributed by atoms with van der Waals surface area (Å²) in [6.45, 7) is 7.50. The predicted molar refractivity (Wildman–Crippen MR) is 86.6 cm³/mol. The molecule has 5 nitrogen and oxygen atoms in total. The maximum Gasteiger partial charge on any atom is 0.254 e. The third kappa shape index (κ3) is 3.92. The van der Waals surface area contributed by atoms with E-state index >= 15 is 0 Å². The summed E-state index contributed by atoms with van der Waals surface area (Å²) in [6, 6.07) is 1.95. The van der Waals surface area contributed by atoms with E-state index < -0.39 is 0 Å². The summed E-state index contributed by atoms with van der Waals surface area (Å²) in [5.41, 5.74) is 1.81. The number of carbonyl (C=O) groups excluding carboxylic acids is 1. The number of thiophene rings is 1. The molecule has 3 rings (SSSR count). The summed E-state index contributed by atoms with van der Waals surface area (Å²) in [7, 11) is 0. The molecule has 1 aliphatic heterocycles. The molecule has 3 heterocycles. The highest BCUT2D eigenvalue weighted by atomic mass is 32.1. The average molecular weight is 306 g/mol. The molecule has 0 atom stereocenters. The summed E-state index contributed by atoms with van der Waals surface area (Å²) < 4.78 is 0. The Hall–Kier alpha value is -1.66. The Bertz CT molecular complexity index is 542. The van der Waals surface area contributed by atoms with Gasteiger partial charge in [-0.3, -0.25) is 9.89 Å². The Labute approximate surface area is 129 Å². The van der Waals surface area contributed by atoms with E-state index in [-0.39, 0.29) is 5.91 Å². The van der Waals surface area contributed by atoms with E-state index in [0.29, 0.717) is 0 Å². The van der Waals surface area contributed by atoms with Gasteiger partial charge in [-0.15, -0.1) is 11.3 Å². The number of hydrogen-bond donors (Lipinski definition) is 2. The number of H-pyrrole nitrogens is 1. The van der Waals surface area contributed by atoms with Crippen LogP contribution >= 0.6 is 11.3 Å². The molecule has 2 aromatic heterocycles. The Morgan fingerprint density at radius 2 is 2.19 bits per heavy atom. The van der Waals surface area contributed by atoms with Crippen LogP contribution in [-0.2, 0) is 0 Å². The number of hydrogen-bond acceptors (Lipinski definition) is 4. The van der Waals surface area contributed by atoms with Gasteiger partial charge in [0, 0.05) is 41.7 Å². The summed E-state index contributed by atoms with van der Waals surface area (Å²) in [6.07, 6.45) is 4.64. The lowest BCUT2D eigenvalue weighted by Gasteiger charge is -2.19. The first-order valence-corrected chi connectivity index (χ1v) is 8.30. The zero-order chi connectivity index (χ0) is 15.1. The fraction of sp³-hybridized carbons (Fsp3) is 0.467. The van der Waals surface area contributed by atoms with Gasteiger partial charge in [0.05, 0.1) is 11.8 Å². The highest BCUT2D eigenvalue weighted by molar-refractivity contribution is 7.13. The van der Waals surface area contributed by atoms with Gasteiger partial charge in [0.25, 0.3) is 5.91 Å². The van der Waals surface area contributed by atoms with Crippen molar-refractivity contribution in [2.24, 2.45) is 0 Å². The normalized spacial score (nSPS) is 15.0. The lowest BCUT2D eigenvalue weighted by molar-refractivity contribution is 0.0767. The molecule has 0 aliphatic carbocycles. The van der Waals surface area contributed by atoms with Crippen LogP contribution < -0.4 is 5.32 Å². The Balaban J connectivity index is 0.000000774. The third-order valence-corrected chi connectivity index (χ3v) is 4.24. The molecular formula is C15H22N4OS. The number of nitrogens with zero attached hydrogens (tertiary/aromatic N) is 2. The van der Waals surface area contributed by atoms with Gasteiger partial charge in [0.15, 0.2) is 0 Å². The molecule has 0 unspecified atom stereocenters. The third-order valence-electron chi connectivity index (χ3n) is 3.26. The van der Waals surface area contributed by atoms with Crippen LogP contribution in [0.2, 0.25) is 0 Å². The molecule has 0 bridgehead atoms. The Morgan fingerprint density at radius 3 is 2.95 bits per heavy atom. The van der Waals surface area contributed by atoms with Crippen molar-refractivity contribution in [1.82, 2.24) is 20.4 Å². The van der Waals surface area contributed by atoms with E-state index in [1.807, 2.05) is 36.4 Å². The molecule has 0 aromatic carbocycles. The summed E-state index contributed by atoms with van der Waals surface area (Å²) in [4.78, 5) is 15.4. The van der Waals surface area contributed by atoms with Crippen molar-refractivity contribution < 1.29 is 4.79 Å². The number of carbonyl (C=O) groups is 1. The van der Waals surface area contributed by atoms with Crippen LogP contribution in [0.4, 0.5) is 0 Å². The predicted octanol–water partition coefficient (Wildman–Crippen LogP) is 2.60. The Morgan fingerprint density at radius 1 is 1.33 bits per heavy atom. The summed E-state index contributed by atoms with van der Waals surface area (Å²) >= 11 is 1.58. The topological polar surface area (TPSA) is 61.0 Å². The molecular weight excluding hydrogens is 284 g/mol. The lowest BCUT2D eigenvalue weighted by atomic mass is 10.2. The monoisotopic (exact) mass is 306 g/mol. The van der Waals surface area contributed by atoms with Gasteiger partial charge in [-0.25, -0.2) is 0 Å². The largest absolute Gasteiger partial charge is 0.337 e. The van der Waals surface area contributed by atoms with Gasteiger partial charge in [-0.2, -0.15) is 5.10 Å². The van der Waals surface area contributed by atoms with Crippen LogP contribution in [0, 0.1) is 0 Å². The number of aromatic amines is 1. The fourth-order valence-corrected chi connectivity index (χ4v) is 3.08. The van der Waals surface area contributed by atoms with Gasteiger partial charge in [-0.1, -0.05) is 13.8 Å². The molecule has 0 radical (unpaired) electrons. The van der Waals surface area contributed by atoms with Crippen molar-refractivity contribution in [3.05, 3.63) is 29.4 Å². The van der Waals surface area contributed by atoms with Gasteiger partial charge in [-0.05, 0) is 19.0 Å². The highest BCUT2D eigenvalue weighted by Gasteiger charge is 2.18. The minimum Gasteiger partial charge on any atom is -0.337 e. The molecule has 2 aromatic rings. The molecule has 2 N–H and O–H groups in total. The number of nitrogens with one attached hydrogen (secondary N) is 2. The van der Waals surface area contributed by atoms with E-state index in [9.17, 15) is 4.79 Å². The fourth-order valence-electron chi connectivity index (χ4n) is 2.22. The zero-order valence-corrected chi connectivity index (χ0v) is 13.4. The lowest BCUT2D eigenvalue weighted by Crippen LogP contribution is -2.33. The maximum absolute atomic E-state index is 12.4. The minimum absolute atomic E-state index is 0.134. The first-order valence-electron chi connectivity index (χ1n) is 7.42. The summed E-state index contributed by atoms with van der Waals surface area (Å²) in [5.74, 6) is 0.134. The SMILES string of the molecule is CC.O=C(c1csc(-c2cn[nH]c2)c1)N1CCCNCC1. The van der Waals surface area contributed by atoms with E-state index in [0.717, 1.165) is 48.6 Å². The zero-order valence-electron chi connectivity index (χ0n) is 12.6. The van der Waals surface area contributed by atoms with Crippen LogP contribution in [-0.4, -0.2) is 47.2 Å².